The zero-order chi connectivity index (χ0) is 24.1. The van der Waals surface area contributed by atoms with E-state index >= 15 is 0 Å². The first kappa shape index (κ1) is 24.1. The number of furan rings is 1. The van der Waals surface area contributed by atoms with Gasteiger partial charge in [-0.15, -0.1) is 11.8 Å². The average Bonchev–Trinajstić information content (AvgIpc) is 3.37. The minimum atomic E-state index is -0.0638. The van der Waals surface area contributed by atoms with Gasteiger partial charge in [-0.2, -0.15) is 0 Å². The molecule has 178 valence electrons. The van der Waals surface area contributed by atoms with E-state index in [4.69, 9.17) is 9.40 Å². The average molecular weight is 478 g/mol. The molecular weight excluding hydrogens is 446 g/mol. The first-order valence-corrected chi connectivity index (χ1v) is 12.8. The molecule has 1 aliphatic rings. The van der Waals surface area contributed by atoms with Gasteiger partial charge in [0.2, 0.25) is 5.91 Å². The van der Waals surface area contributed by atoms with Crippen LogP contribution in [0.3, 0.4) is 0 Å². The third-order valence-corrected chi connectivity index (χ3v) is 7.11. The predicted molar refractivity (Wildman–Crippen MR) is 134 cm³/mol. The standard InChI is InChI=1S/C27H31N3O3S/c1-19-6-11-24(27(32)29(2)18-22-5-4-16-33-22)26(28-19)21-12-14-30(15-13-21)25(31)17-20-7-9-23(34-3)10-8-20/h4-11,16,21H,12-15,17-18H2,1-3H3. The summed E-state index contributed by atoms with van der Waals surface area (Å²) in [6.45, 7) is 3.71. The SMILES string of the molecule is CSc1ccc(CC(=O)N2CCC(c3nc(C)ccc3C(=O)N(C)Cc3ccco3)CC2)cc1. The van der Waals surface area contributed by atoms with Crippen molar-refractivity contribution in [1.82, 2.24) is 14.8 Å². The summed E-state index contributed by atoms with van der Waals surface area (Å²) in [5, 5.41) is 0. The summed E-state index contributed by atoms with van der Waals surface area (Å²) in [5.74, 6) is 0.987. The van der Waals surface area contributed by atoms with Crippen LogP contribution < -0.4 is 0 Å². The van der Waals surface area contributed by atoms with E-state index < -0.39 is 0 Å². The van der Waals surface area contributed by atoms with Crippen molar-refractivity contribution in [1.29, 1.82) is 0 Å². The fraction of sp³-hybridized carbons (Fsp3) is 0.370. The van der Waals surface area contributed by atoms with Crippen LogP contribution in [0.4, 0.5) is 0 Å². The third kappa shape index (κ3) is 5.70. The molecule has 1 fully saturated rings. The Labute approximate surface area is 205 Å². The van der Waals surface area contributed by atoms with Crippen LogP contribution in [0, 0.1) is 6.92 Å². The maximum Gasteiger partial charge on any atom is 0.255 e. The number of amides is 2. The van der Waals surface area contributed by atoms with Crippen molar-refractivity contribution < 1.29 is 14.0 Å². The van der Waals surface area contributed by atoms with Gasteiger partial charge in [-0.1, -0.05) is 12.1 Å². The maximum atomic E-state index is 13.2. The molecule has 4 rings (SSSR count). The van der Waals surface area contributed by atoms with Crippen molar-refractivity contribution in [2.45, 2.75) is 43.5 Å². The molecule has 1 saturated heterocycles. The van der Waals surface area contributed by atoms with E-state index in [0.717, 1.165) is 35.6 Å². The normalized spacial score (nSPS) is 14.3. The molecule has 0 atom stereocenters. The van der Waals surface area contributed by atoms with Gasteiger partial charge in [0.05, 0.1) is 30.5 Å². The molecule has 0 radical (unpaired) electrons. The minimum Gasteiger partial charge on any atom is -0.467 e. The molecule has 0 bridgehead atoms. The van der Waals surface area contributed by atoms with Crippen molar-refractivity contribution in [3.63, 3.8) is 0 Å². The highest BCUT2D eigenvalue weighted by atomic mass is 32.2. The Hall–Kier alpha value is -3.06. The van der Waals surface area contributed by atoms with Crippen LogP contribution in [0.15, 0.2) is 64.1 Å². The van der Waals surface area contributed by atoms with E-state index in [1.165, 1.54) is 4.90 Å². The molecule has 3 aromatic rings. The molecule has 2 aromatic heterocycles. The number of thioether (sulfide) groups is 1. The number of likely N-dealkylation sites (tertiary alicyclic amines) is 1. The van der Waals surface area contributed by atoms with Crippen LogP contribution in [0.1, 0.15) is 51.8 Å². The molecule has 3 heterocycles. The summed E-state index contributed by atoms with van der Waals surface area (Å²) < 4.78 is 5.40. The number of aromatic nitrogens is 1. The number of carbonyl (C=O) groups excluding carboxylic acids is 2. The van der Waals surface area contributed by atoms with Crippen LogP contribution in [0.25, 0.3) is 0 Å². The van der Waals surface area contributed by atoms with Gasteiger partial charge in [0, 0.05) is 36.6 Å². The van der Waals surface area contributed by atoms with Gasteiger partial charge < -0.3 is 14.2 Å². The van der Waals surface area contributed by atoms with E-state index in [1.807, 2.05) is 54.5 Å². The number of hydrogen-bond donors (Lipinski definition) is 0. The molecule has 6 nitrogen and oxygen atoms in total. The molecule has 0 unspecified atom stereocenters. The fourth-order valence-electron chi connectivity index (χ4n) is 4.41. The van der Waals surface area contributed by atoms with E-state index in [2.05, 4.69) is 12.1 Å². The second-order valence-corrected chi connectivity index (χ2v) is 9.69. The highest BCUT2D eigenvalue weighted by Gasteiger charge is 2.29. The van der Waals surface area contributed by atoms with E-state index in [-0.39, 0.29) is 17.7 Å². The Kier molecular flexibility index (Phi) is 7.73. The lowest BCUT2D eigenvalue weighted by molar-refractivity contribution is -0.131. The molecule has 0 aliphatic carbocycles. The van der Waals surface area contributed by atoms with Crippen LogP contribution in [-0.2, 0) is 17.8 Å². The largest absolute Gasteiger partial charge is 0.467 e. The van der Waals surface area contributed by atoms with Crippen molar-refractivity contribution in [3.8, 4) is 0 Å². The van der Waals surface area contributed by atoms with Crippen molar-refractivity contribution in [2.75, 3.05) is 26.4 Å². The third-order valence-electron chi connectivity index (χ3n) is 6.36. The summed E-state index contributed by atoms with van der Waals surface area (Å²) in [7, 11) is 1.78. The predicted octanol–water partition coefficient (Wildman–Crippen LogP) is 4.93. The van der Waals surface area contributed by atoms with Crippen molar-refractivity contribution >= 4 is 23.6 Å². The topological polar surface area (TPSA) is 66.7 Å². The van der Waals surface area contributed by atoms with Crippen molar-refractivity contribution in [2.24, 2.45) is 0 Å². The van der Waals surface area contributed by atoms with Gasteiger partial charge in [-0.25, -0.2) is 0 Å². The summed E-state index contributed by atoms with van der Waals surface area (Å²) in [6, 6.07) is 15.6. The lowest BCUT2D eigenvalue weighted by Crippen LogP contribution is -2.39. The molecule has 0 N–H and O–H groups in total. The Bertz CT molecular complexity index is 1120. The highest BCUT2D eigenvalue weighted by Crippen LogP contribution is 2.30. The highest BCUT2D eigenvalue weighted by molar-refractivity contribution is 7.98. The number of piperidine rings is 1. The zero-order valence-electron chi connectivity index (χ0n) is 20.0. The number of aryl methyl sites for hydroxylation is 1. The molecule has 0 spiro atoms. The van der Waals surface area contributed by atoms with E-state index in [9.17, 15) is 9.59 Å². The summed E-state index contributed by atoms with van der Waals surface area (Å²) in [6.07, 6.45) is 5.68. The van der Waals surface area contributed by atoms with Gasteiger partial charge >= 0.3 is 0 Å². The summed E-state index contributed by atoms with van der Waals surface area (Å²) >= 11 is 1.70. The zero-order valence-corrected chi connectivity index (χ0v) is 20.8. The molecule has 7 heteroatoms. The monoisotopic (exact) mass is 477 g/mol. The molecule has 2 amide bonds. The smallest absolute Gasteiger partial charge is 0.255 e. The number of hydrogen-bond acceptors (Lipinski definition) is 5. The first-order valence-electron chi connectivity index (χ1n) is 11.6. The second-order valence-electron chi connectivity index (χ2n) is 8.81. The van der Waals surface area contributed by atoms with Crippen LogP contribution in [-0.4, -0.2) is 53.0 Å². The Morgan fingerprint density at radius 2 is 1.85 bits per heavy atom. The van der Waals surface area contributed by atoms with Crippen molar-refractivity contribution in [3.05, 3.63) is 83.1 Å². The number of nitrogens with zero attached hydrogens (tertiary/aromatic N) is 3. The molecule has 1 aromatic carbocycles. The van der Waals surface area contributed by atoms with E-state index in [1.54, 1.807) is 30.0 Å². The van der Waals surface area contributed by atoms with Gasteiger partial charge in [-0.05, 0) is 68.0 Å². The number of rotatable bonds is 7. The first-order chi connectivity index (χ1) is 16.4. The van der Waals surface area contributed by atoms with Gasteiger partial charge in [0.1, 0.15) is 5.76 Å². The number of pyridine rings is 1. The summed E-state index contributed by atoms with van der Waals surface area (Å²) in [4.78, 5) is 35.7. The summed E-state index contributed by atoms with van der Waals surface area (Å²) in [5.41, 5.74) is 3.42. The fourth-order valence-corrected chi connectivity index (χ4v) is 4.82. The molecular formula is C27H31N3O3S. The Balaban J connectivity index is 1.41. The van der Waals surface area contributed by atoms with Gasteiger partial charge in [-0.3, -0.25) is 14.6 Å². The number of carbonyl (C=O) groups is 2. The van der Waals surface area contributed by atoms with Crippen LogP contribution >= 0.6 is 11.8 Å². The Morgan fingerprint density at radius 1 is 1.12 bits per heavy atom. The minimum absolute atomic E-state index is 0.0638. The van der Waals surface area contributed by atoms with Gasteiger partial charge in [0.15, 0.2) is 0 Å². The van der Waals surface area contributed by atoms with E-state index in [0.29, 0.717) is 31.6 Å². The Morgan fingerprint density at radius 3 is 2.50 bits per heavy atom. The maximum absolute atomic E-state index is 13.2. The quantitative estimate of drug-likeness (QED) is 0.452. The number of benzene rings is 1. The second kappa shape index (κ2) is 10.9. The molecule has 0 saturated carbocycles. The molecule has 1 aliphatic heterocycles. The van der Waals surface area contributed by atoms with Crippen LogP contribution in [0.2, 0.25) is 0 Å². The van der Waals surface area contributed by atoms with Gasteiger partial charge in [0.25, 0.3) is 5.91 Å². The van der Waals surface area contributed by atoms with Crippen LogP contribution in [0.5, 0.6) is 0 Å². The lowest BCUT2D eigenvalue weighted by Gasteiger charge is -2.33. The molecule has 34 heavy (non-hydrogen) atoms. The lowest BCUT2D eigenvalue weighted by atomic mass is 9.89.